The van der Waals surface area contributed by atoms with Crippen molar-refractivity contribution in [2.24, 2.45) is 9.98 Å². The number of nitrogens with zero attached hydrogens (tertiary/aromatic N) is 6. The van der Waals surface area contributed by atoms with Gasteiger partial charge in [-0.25, -0.2) is 9.97 Å². The van der Waals surface area contributed by atoms with E-state index in [1.165, 1.54) is 22.7 Å². The van der Waals surface area contributed by atoms with E-state index in [0.717, 1.165) is 123 Å². The number of hydrogen-bond donors (Lipinski definition) is 2. The number of allylic oxidation sites excluding steroid dienone is 4. The van der Waals surface area contributed by atoms with Crippen molar-refractivity contribution < 1.29 is 19.1 Å². The Kier molecular flexibility index (Phi) is 15.9. The number of H-pyrrole nitrogens is 2. The molecule has 0 saturated heterocycles. The summed E-state index contributed by atoms with van der Waals surface area (Å²) >= 11 is 2.85. The van der Waals surface area contributed by atoms with Crippen LogP contribution >= 0.6 is 22.7 Å². The molecule has 0 saturated carbocycles. The van der Waals surface area contributed by atoms with Crippen molar-refractivity contribution in [2.45, 2.75) is 67.2 Å². The van der Waals surface area contributed by atoms with E-state index < -0.39 is 0 Å². The highest BCUT2D eigenvalue weighted by molar-refractivity contribution is 7.07. The lowest BCUT2D eigenvalue weighted by Gasteiger charge is -2.10. The molecule has 410 valence electrons. The van der Waals surface area contributed by atoms with E-state index >= 15 is 0 Å². The standard InChI is InChI=1S/C68H62N8O4S2/c1-9-51-41(5)55-35-56-43(7)53(31-33-65(77)73-67-75(47-19-15-13-16-20-47)63(39-81-67)45-23-27-49(28-24-45)79-11-3)61(71-56)38-62-54(44(8)58(72-62)37-60-52(10-2)42(6)57(70-60)36-59(51)69-55)32-34-66(78)74-68-76(48-21-17-14-18-22-48)64(40-82-68)46-25-29-50(30-26-46)80-12-4/h9-10,13-30,35-40,69-70H,1-2,11-12,31-34H2,3-8H3. The maximum absolute atomic E-state index is 14.3. The second-order valence-electron chi connectivity index (χ2n) is 20.0. The third kappa shape index (κ3) is 11.0. The summed E-state index contributed by atoms with van der Waals surface area (Å²) in [4.78, 5) is 57.5. The van der Waals surface area contributed by atoms with Crippen LogP contribution < -0.4 is 19.1 Å². The molecule has 0 spiro atoms. The van der Waals surface area contributed by atoms with Gasteiger partial charge in [0.05, 0.1) is 47.4 Å². The molecule has 5 aromatic heterocycles. The molecule has 12 nitrogen and oxygen atoms in total. The van der Waals surface area contributed by atoms with Crippen molar-refractivity contribution in [3.8, 4) is 45.4 Å². The van der Waals surface area contributed by atoms with Gasteiger partial charge >= 0.3 is 0 Å². The minimum Gasteiger partial charge on any atom is -0.494 e. The first-order chi connectivity index (χ1) is 39.9. The molecular weight excluding hydrogens is 1060 g/mol. The second kappa shape index (κ2) is 23.8. The van der Waals surface area contributed by atoms with Crippen molar-refractivity contribution in [1.29, 1.82) is 0 Å². The molecule has 0 fully saturated rings. The molecular formula is C68H62N8O4S2. The summed E-state index contributed by atoms with van der Waals surface area (Å²) in [5.74, 6) is 1.06. The molecule has 11 rings (SSSR count). The van der Waals surface area contributed by atoms with Crippen molar-refractivity contribution in [3.63, 3.8) is 0 Å². The minimum atomic E-state index is -0.262. The number of nitrogens with one attached hydrogen (secondary N) is 2. The van der Waals surface area contributed by atoms with Gasteiger partial charge in [-0.1, -0.05) is 61.7 Å². The smallest absolute Gasteiger partial charge is 0.248 e. The number of thiazole rings is 2. The zero-order valence-electron chi connectivity index (χ0n) is 46.8. The van der Waals surface area contributed by atoms with Gasteiger partial charge in [-0.3, -0.25) is 18.7 Å². The summed E-state index contributed by atoms with van der Waals surface area (Å²) in [6.07, 6.45) is 4.72. The molecule has 7 heterocycles. The predicted molar refractivity (Wildman–Crippen MR) is 336 cm³/mol. The van der Waals surface area contributed by atoms with Crippen LogP contribution in [0.3, 0.4) is 0 Å². The van der Waals surface area contributed by atoms with Crippen LogP contribution in [0.25, 0.3) is 90.4 Å². The number of hydrogen-bond acceptors (Lipinski definition) is 8. The van der Waals surface area contributed by atoms with Crippen molar-refractivity contribution in [3.05, 3.63) is 212 Å². The minimum absolute atomic E-state index is 0.123. The van der Waals surface area contributed by atoms with Crippen LogP contribution in [-0.2, 0) is 9.59 Å². The predicted octanol–water partition coefficient (Wildman–Crippen LogP) is 15.7. The third-order valence-corrected chi connectivity index (χ3v) is 16.7. The van der Waals surface area contributed by atoms with E-state index in [1.807, 2.05) is 161 Å². The van der Waals surface area contributed by atoms with Crippen LogP contribution in [0.4, 0.5) is 0 Å². The first kappa shape index (κ1) is 54.7. The number of para-hydroxylation sites is 2. The highest BCUT2D eigenvalue weighted by atomic mass is 32.1. The summed E-state index contributed by atoms with van der Waals surface area (Å²) in [7, 11) is 0. The Bertz CT molecular complexity index is 4360. The highest BCUT2D eigenvalue weighted by Crippen LogP contribution is 2.39. The molecule has 8 bridgehead atoms. The molecule has 9 aromatic rings. The van der Waals surface area contributed by atoms with E-state index in [0.29, 0.717) is 47.0 Å². The van der Waals surface area contributed by atoms with Crippen molar-refractivity contribution >= 4 is 91.0 Å². The van der Waals surface area contributed by atoms with Gasteiger partial charge in [0.25, 0.3) is 0 Å². The van der Waals surface area contributed by atoms with Gasteiger partial charge in [-0.2, -0.15) is 9.98 Å². The van der Waals surface area contributed by atoms with Gasteiger partial charge in [0.2, 0.25) is 11.8 Å². The molecule has 4 aromatic carbocycles. The fraction of sp³-hybridized carbons (Fsp3) is 0.176. The summed E-state index contributed by atoms with van der Waals surface area (Å²) in [5.41, 5.74) is 19.7. The molecule has 2 aliphatic heterocycles. The number of ether oxygens (including phenoxy) is 2. The topological polar surface area (TPSA) is 145 Å². The Morgan fingerprint density at radius 1 is 0.537 bits per heavy atom. The van der Waals surface area contributed by atoms with Gasteiger partial charge in [0.1, 0.15) is 11.5 Å². The van der Waals surface area contributed by atoms with Crippen LogP contribution in [-0.4, -0.2) is 54.1 Å². The molecule has 14 heteroatoms. The molecule has 0 aliphatic carbocycles. The summed E-state index contributed by atoms with van der Waals surface area (Å²) in [5, 5.41) is 4.08. The van der Waals surface area contributed by atoms with Crippen LogP contribution in [0.5, 0.6) is 11.5 Å². The number of rotatable bonds is 16. The molecule has 2 aliphatic rings. The Hall–Kier alpha value is -9.24. The highest BCUT2D eigenvalue weighted by Gasteiger charge is 2.24. The van der Waals surface area contributed by atoms with Gasteiger partial charge < -0.3 is 19.4 Å². The normalized spacial score (nSPS) is 12.8. The van der Waals surface area contributed by atoms with Crippen LogP contribution in [0.1, 0.15) is 98.4 Å². The van der Waals surface area contributed by atoms with Gasteiger partial charge in [0, 0.05) is 68.2 Å². The number of fused-ring (bicyclic) bond motifs is 8. The van der Waals surface area contributed by atoms with E-state index in [-0.39, 0.29) is 24.7 Å². The SMILES string of the molecule is C=Cc1c(C)c2cc3[nH]c(cc4nc(cc5nc(cc1[nH]2)C(C)=C5CCC(=O)N=c1scc(-c2ccc(OCC)cc2)n1-c1ccccc1)C(CCC(=O)N=c1scc(-c2ccc(OCC)cc2)n1-c1ccccc1)=C4C)c(C)c3C=C. The van der Waals surface area contributed by atoms with E-state index in [2.05, 4.69) is 69.0 Å². The van der Waals surface area contributed by atoms with Gasteiger partial charge in [-0.15, -0.1) is 22.7 Å². The monoisotopic (exact) mass is 1120 g/mol. The first-order valence-electron chi connectivity index (χ1n) is 27.5. The van der Waals surface area contributed by atoms with E-state index in [4.69, 9.17) is 29.4 Å². The van der Waals surface area contributed by atoms with Crippen molar-refractivity contribution in [1.82, 2.24) is 29.1 Å². The first-order valence-corrected chi connectivity index (χ1v) is 29.2. The molecule has 2 amide bonds. The maximum Gasteiger partial charge on any atom is 0.248 e. The molecule has 2 N–H and O–H groups in total. The fourth-order valence-electron chi connectivity index (χ4n) is 10.7. The Labute approximate surface area is 484 Å². The largest absolute Gasteiger partial charge is 0.494 e. The maximum atomic E-state index is 14.3. The quantitative estimate of drug-likeness (QED) is 0.0986. The Balaban J connectivity index is 0.996. The molecule has 0 radical (unpaired) electrons. The van der Waals surface area contributed by atoms with Crippen molar-refractivity contribution in [2.75, 3.05) is 13.2 Å². The van der Waals surface area contributed by atoms with Crippen LogP contribution in [0.15, 0.2) is 167 Å². The lowest BCUT2D eigenvalue weighted by atomic mass is 9.98. The summed E-state index contributed by atoms with van der Waals surface area (Å²) in [6.45, 7) is 21.8. The van der Waals surface area contributed by atoms with E-state index in [9.17, 15) is 9.59 Å². The zero-order valence-corrected chi connectivity index (χ0v) is 48.4. The number of aromatic nitrogens is 6. The van der Waals surface area contributed by atoms with Gasteiger partial charge in [0.15, 0.2) is 9.60 Å². The number of benzene rings is 4. The van der Waals surface area contributed by atoms with E-state index in [1.54, 1.807) is 0 Å². The summed E-state index contributed by atoms with van der Waals surface area (Å²) in [6, 6.07) is 44.2. The number of carbonyl (C=O) groups excluding carboxylic acids is 2. The molecule has 0 atom stereocenters. The molecule has 82 heavy (non-hydrogen) atoms. The zero-order chi connectivity index (χ0) is 57.0. The Morgan fingerprint density at radius 2 is 0.939 bits per heavy atom. The number of carbonyl (C=O) groups is 2. The number of aromatic amines is 2. The van der Waals surface area contributed by atoms with Gasteiger partial charge in [-0.05, 0) is 196 Å². The Morgan fingerprint density at radius 3 is 1.35 bits per heavy atom. The average molecular weight is 1120 g/mol. The average Bonchev–Trinajstić information content (AvgIpc) is 4.49. The second-order valence-corrected chi connectivity index (χ2v) is 21.7. The number of aryl methyl sites for hydroxylation is 2. The van der Waals surface area contributed by atoms with Crippen LogP contribution in [0.2, 0.25) is 0 Å². The summed E-state index contributed by atoms with van der Waals surface area (Å²) < 4.78 is 15.5. The number of amides is 2. The lowest BCUT2D eigenvalue weighted by molar-refractivity contribution is -0.118. The fourth-order valence-corrected chi connectivity index (χ4v) is 12.5. The lowest BCUT2D eigenvalue weighted by Crippen LogP contribution is -2.16. The third-order valence-electron chi connectivity index (χ3n) is 15.0. The molecule has 0 unspecified atom stereocenters. The van der Waals surface area contributed by atoms with Crippen LogP contribution in [0, 0.1) is 13.8 Å².